The van der Waals surface area contributed by atoms with Gasteiger partial charge in [-0.3, -0.25) is 14.4 Å². The molecule has 0 radical (unpaired) electrons. The van der Waals surface area contributed by atoms with Gasteiger partial charge in [0.15, 0.2) is 5.69 Å². The Morgan fingerprint density at radius 1 is 1.38 bits per heavy atom. The molecule has 8 heteroatoms. The average Bonchev–Trinajstić information content (AvgIpc) is 3.03. The zero-order valence-electron chi connectivity index (χ0n) is 11.7. The van der Waals surface area contributed by atoms with Gasteiger partial charge in [0.25, 0.3) is 5.91 Å². The van der Waals surface area contributed by atoms with Gasteiger partial charge >= 0.3 is 5.97 Å². The van der Waals surface area contributed by atoms with E-state index in [0.717, 1.165) is 12.4 Å². The van der Waals surface area contributed by atoms with E-state index < -0.39 is 5.97 Å². The number of anilines is 1. The van der Waals surface area contributed by atoms with Crippen LogP contribution in [-0.4, -0.2) is 43.1 Å². The van der Waals surface area contributed by atoms with Crippen LogP contribution in [0.5, 0.6) is 0 Å². The molecule has 110 valence electrons. The standard InChI is InChI=1S/C13H15N5O3/c1-8-6-17(11-3-4-14-18(11)7-8)12(19)10-5-9(13(20)21)15-16(10)2/h3-5,8H,6-7H2,1-2H3,(H,20,21). The van der Waals surface area contributed by atoms with Crippen LogP contribution in [0.1, 0.15) is 27.9 Å². The Hall–Kier alpha value is -2.64. The number of carboxylic acid groups (broad SMARTS) is 1. The first-order valence-corrected chi connectivity index (χ1v) is 6.58. The molecule has 1 N–H and O–H groups in total. The molecule has 0 saturated heterocycles. The van der Waals surface area contributed by atoms with Crippen molar-refractivity contribution < 1.29 is 14.7 Å². The Morgan fingerprint density at radius 2 is 2.14 bits per heavy atom. The van der Waals surface area contributed by atoms with Crippen molar-refractivity contribution in [3.63, 3.8) is 0 Å². The minimum absolute atomic E-state index is 0.139. The van der Waals surface area contributed by atoms with E-state index in [2.05, 4.69) is 10.2 Å². The molecule has 8 nitrogen and oxygen atoms in total. The van der Waals surface area contributed by atoms with E-state index in [0.29, 0.717) is 6.54 Å². The summed E-state index contributed by atoms with van der Waals surface area (Å²) in [7, 11) is 1.56. The Bertz CT molecular complexity index is 717. The Morgan fingerprint density at radius 3 is 2.81 bits per heavy atom. The van der Waals surface area contributed by atoms with Crippen LogP contribution in [0.25, 0.3) is 0 Å². The smallest absolute Gasteiger partial charge is 0.356 e. The summed E-state index contributed by atoms with van der Waals surface area (Å²) in [4.78, 5) is 25.3. The summed E-state index contributed by atoms with van der Waals surface area (Å²) in [6.07, 6.45) is 1.65. The summed E-state index contributed by atoms with van der Waals surface area (Å²) in [5, 5.41) is 17.0. The highest BCUT2D eigenvalue weighted by Gasteiger charge is 2.30. The second-order valence-corrected chi connectivity index (χ2v) is 5.24. The molecule has 1 unspecified atom stereocenters. The third kappa shape index (κ3) is 2.18. The normalized spacial score (nSPS) is 17.6. The third-order valence-corrected chi connectivity index (χ3v) is 3.51. The van der Waals surface area contributed by atoms with E-state index in [-0.39, 0.29) is 23.2 Å². The molecule has 1 atom stereocenters. The summed E-state index contributed by atoms with van der Waals surface area (Å²) in [5.41, 5.74) is 0.105. The van der Waals surface area contributed by atoms with Gasteiger partial charge in [0.05, 0.1) is 6.20 Å². The fourth-order valence-electron chi connectivity index (χ4n) is 2.55. The number of nitrogens with zero attached hydrogens (tertiary/aromatic N) is 5. The molecule has 0 aliphatic carbocycles. The number of rotatable bonds is 2. The van der Waals surface area contributed by atoms with Crippen LogP contribution in [0.2, 0.25) is 0 Å². The monoisotopic (exact) mass is 289 g/mol. The third-order valence-electron chi connectivity index (χ3n) is 3.51. The summed E-state index contributed by atoms with van der Waals surface area (Å²) in [5.74, 6) is -0.433. The number of aromatic carboxylic acids is 1. The maximum absolute atomic E-state index is 12.7. The summed E-state index contributed by atoms with van der Waals surface area (Å²) in [6.45, 7) is 3.37. The number of carbonyl (C=O) groups excluding carboxylic acids is 1. The highest BCUT2D eigenvalue weighted by atomic mass is 16.4. The van der Waals surface area contributed by atoms with E-state index in [1.165, 1.54) is 10.7 Å². The van der Waals surface area contributed by atoms with Crippen LogP contribution < -0.4 is 4.90 Å². The lowest BCUT2D eigenvalue weighted by Gasteiger charge is -2.31. The molecule has 0 fully saturated rings. The van der Waals surface area contributed by atoms with Gasteiger partial charge in [-0.15, -0.1) is 0 Å². The zero-order chi connectivity index (χ0) is 15.1. The van der Waals surface area contributed by atoms with Gasteiger partial charge < -0.3 is 5.11 Å². The van der Waals surface area contributed by atoms with Gasteiger partial charge in [-0.1, -0.05) is 6.92 Å². The van der Waals surface area contributed by atoms with Crippen molar-refractivity contribution in [3.05, 3.63) is 29.7 Å². The van der Waals surface area contributed by atoms with E-state index in [9.17, 15) is 9.59 Å². The van der Waals surface area contributed by atoms with Crippen molar-refractivity contribution in [1.29, 1.82) is 0 Å². The molecule has 0 spiro atoms. The molecule has 1 aliphatic heterocycles. The predicted octanol–water partition coefficient (Wildman–Crippen LogP) is 0.611. The minimum atomic E-state index is -1.15. The van der Waals surface area contributed by atoms with Crippen molar-refractivity contribution in [2.24, 2.45) is 13.0 Å². The molecule has 21 heavy (non-hydrogen) atoms. The van der Waals surface area contributed by atoms with Crippen LogP contribution in [0.4, 0.5) is 5.82 Å². The quantitative estimate of drug-likeness (QED) is 0.874. The van der Waals surface area contributed by atoms with Gasteiger partial charge in [-0.25, -0.2) is 9.48 Å². The molecule has 1 amide bonds. The topological polar surface area (TPSA) is 93.2 Å². The van der Waals surface area contributed by atoms with Crippen molar-refractivity contribution in [3.8, 4) is 0 Å². The van der Waals surface area contributed by atoms with Crippen LogP contribution >= 0.6 is 0 Å². The van der Waals surface area contributed by atoms with Crippen LogP contribution in [0.15, 0.2) is 18.3 Å². The SMILES string of the molecule is CC1CN(C(=O)c2cc(C(=O)O)nn2C)c2ccnn2C1. The summed E-state index contributed by atoms with van der Waals surface area (Å²) < 4.78 is 3.08. The number of carbonyl (C=O) groups is 2. The van der Waals surface area contributed by atoms with Gasteiger partial charge in [0.2, 0.25) is 0 Å². The summed E-state index contributed by atoms with van der Waals surface area (Å²) >= 11 is 0. The van der Waals surface area contributed by atoms with Crippen LogP contribution in [0.3, 0.4) is 0 Å². The number of amides is 1. The van der Waals surface area contributed by atoms with Gasteiger partial charge in [-0.2, -0.15) is 10.2 Å². The fourth-order valence-corrected chi connectivity index (χ4v) is 2.55. The molecule has 0 aromatic carbocycles. The number of hydrogen-bond donors (Lipinski definition) is 1. The lowest BCUT2D eigenvalue weighted by Crippen LogP contribution is -2.42. The van der Waals surface area contributed by atoms with Crippen LogP contribution in [-0.2, 0) is 13.6 Å². The minimum Gasteiger partial charge on any atom is -0.476 e. The van der Waals surface area contributed by atoms with E-state index in [4.69, 9.17) is 5.11 Å². The van der Waals surface area contributed by atoms with Crippen molar-refractivity contribution >= 4 is 17.7 Å². The largest absolute Gasteiger partial charge is 0.476 e. The summed E-state index contributed by atoms with van der Waals surface area (Å²) in [6, 6.07) is 3.07. The lowest BCUT2D eigenvalue weighted by molar-refractivity contribution is 0.0689. The van der Waals surface area contributed by atoms with E-state index >= 15 is 0 Å². The Kier molecular flexibility index (Phi) is 3.00. The molecular weight excluding hydrogens is 274 g/mol. The first-order valence-electron chi connectivity index (χ1n) is 6.58. The maximum Gasteiger partial charge on any atom is 0.356 e. The van der Waals surface area contributed by atoms with Gasteiger partial charge in [-0.05, 0) is 5.92 Å². The number of aromatic nitrogens is 4. The first kappa shape index (κ1) is 13.3. The highest BCUT2D eigenvalue weighted by molar-refractivity contribution is 6.05. The number of fused-ring (bicyclic) bond motifs is 1. The lowest BCUT2D eigenvalue weighted by atomic mass is 10.1. The van der Waals surface area contributed by atoms with Gasteiger partial charge in [0.1, 0.15) is 11.5 Å². The molecule has 3 rings (SSSR count). The molecular formula is C13H15N5O3. The Labute approximate surface area is 120 Å². The first-order chi connectivity index (χ1) is 9.97. The van der Waals surface area contributed by atoms with Crippen LogP contribution in [0, 0.1) is 5.92 Å². The van der Waals surface area contributed by atoms with Gasteiger partial charge in [0, 0.05) is 32.3 Å². The second-order valence-electron chi connectivity index (χ2n) is 5.24. The molecule has 2 aromatic heterocycles. The highest BCUT2D eigenvalue weighted by Crippen LogP contribution is 2.24. The van der Waals surface area contributed by atoms with E-state index in [1.807, 2.05) is 6.92 Å². The van der Waals surface area contributed by atoms with Crippen molar-refractivity contribution in [2.45, 2.75) is 13.5 Å². The van der Waals surface area contributed by atoms with Crippen molar-refractivity contribution in [1.82, 2.24) is 19.6 Å². The number of aryl methyl sites for hydroxylation is 1. The molecule has 3 heterocycles. The zero-order valence-corrected chi connectivity index (χ0v) is 11.7. The molecule has 2 aromatic rings. The second kappa shape index (κ2) is 4.72. The molecule has 1 aliphatic rings. The van der Waals surface area contributed by atoms with Crippen molar-refractivity contribution in [2.75, 3.05) is 11.4 Å². The van der Waals surface area contributed by atoms with E-state index in [1.54, 1.807) is 28.9 Å². The Balaban J connectivity index is 1.98. The number of hydrogen-bond acceptors (Lipinski definition) is 4. The molecule has 0 saturated carbocycles. The average molecular weight is 289 g/mol. The predicted molar refractivity (Wildman–Crippen MR) is 73.2 cm³/mol. The molecule has 0 bridgehead atoms. The maximum atomic E-state index is 12.7. The number of carboxylic acids is 1. The fraction of sp³-hybridized carbons (Fsp3) is 0.385.